The molecule has 0 amide bonds. The Bertz CT molecular complexity index is 945. The Morgan fingerprint density at radius 3 is 2.03 bits per heavy atom. The summed E-state index contributed by atoms with van der Waals surface area (Å²) in [5.74, 6) is -1.28. The van der Waals surface area contributed by atoms with E-state index in [9.17, 15) is 13.2 Å². The second-order valence-electron chi connectivity index (χ2n) is 7.36. The van der Waals surface area contributed by atoms with Crippen LogP contribution in [-0.4, -0.2) is 9.97 Å². The predicted molar refractivity (Wildman–Crippen MR) is 110 cm³/mol. The molecular weight excluding hydrogens is 373 g/mol. The van der Waals surface area contributed by atoms with Crippen LogP contribution in [0.3, 0.4) is 0 Å². The molecular formula is C24H25F3N2. The van der Waals surface area contributed by atoms with Crippen molar-refractivity contribution in [2.75, 3.05) is 0 Å². The van der Waals surface area contributed by atoms with Gasteiger partial charge in [0.2, 0.25) is 0 Å². The Hall–Kier alpha value is -2.69. The average molecular weight is 398 g/mol. The number of unbranched alkanes of at least 4 members (excludes halogenated alkanes) is 4. The van der Waals surface area contributed by atoms with E-state index < -0.39 is 11.6 Å². The molecule has 0 atom stereocenters. The van der Waals surface area contributed by atoms with Gasteiger partial charge in [-0.2, -0.15) is 0 Å². The Kier molecular flexibility index (Phi) is 7.02. The van der Waals surface area contributed by atoms with E-state index in [4.69, 9.17) is 0 Å². The molecule has 0 saturated carbocycles. The first-order valence-corrected chi connectivity index (χ1v) is 10.1. The summed E-state index contributed by atoms with van der Waals surface area (Å²) >= 11 is 0. The van der Waals surface area contributed by atoms with Gasteiger partial charge in [-0.25, -0.2) is 23.1 Å². The van der Waals surface area contributed by atoms with Gasteiger partial charge in [-0.15, -0.1) is 0 Å². The number of aryl methyl sites for hydroxylation is 2. The second kappa shape index (κ2) is 9.68. The van der Waals surface area contributed by atoms with E-state index in [-0.39, 0.29) is 16.9 Å². The number of hydrogen-bond acceptors (Lipinski definition) is 2. The number of rotatable bonds is 8. The van der Waals surface area contributed by atoms with Gasteiger partial charge in [-0.1, -0.05) is 44.7 Å². The lowest BCUT2D eigenvalue weighted by molar-refractivity contribution is 0.581. The van der Waals surface area contributed by atoms with Crippen LogP contribution in [0.15, 0.2) is 42.7 Å². The zero-order chi connectivity index (χ0) is 20.8. The van der Waals surface area contributed by atoms with E-state index in [1.807, 2.05) is 0 Å². The summed E-state index contributed by atoms with van der Waals surface area (Å²) in [5, 5.41) is 0. The van der Waals surface area contributed by atoms with Gasteiger partial charge >= 0.3 is 0 Å². The number of benzene rings is 2. The highest BCUT2D eigenvalue weighted by molar-refractivity contribution is 5.65. The molecule has 152 valence electrons. The Morgan fingerprint density at radius 1 is 0.759 bits per heavy atom. The van der Waals surface area contributed by atoms with Crippen LogP contribution in [0.2, 0.25) is 0 Å². The fourth-order valence-corrected chi connectivity index (χ4v) is 3.32. The van der Waals surface area contributed by atoms with Crippen molar-refractivity contribution in [1.82, 2.24) is 9.97 Å². The maximum Gasteiger partial charge on any atom is 0.159 e. The summed E-state index contributed by atoms with van der Waals surface area (Å²) in [5.41, 5.74) is 1.82. The van der Waals surface area contributed by atoms with Crippen LogP contribution in [0, 0.1) is 24.4 Å². The first-order chi connectivity index (χ1) is 14.0. The molecule has 0 bridgehead atoms. The van der Waals surface area contributed by atoms with E-state index in [2.05, 4.69) is 16.9 Å². The van der Waals surface area contributed by atoms with Crippen molar-refractivity contribution in [3.8, 4) is 22.5 Å². The standard InChI is InChI=1S/C24H25F3N2/c1-3-4-5-6-7-8-17-11-21(26)23(22(27)12-17)19-14-28-24(29-15-19)18-10-9-16(2)20(25)13-18/h9-15H,3-8H2,1-2H3. The molecule has 1 aromatic heterocycles. The summed E-state index contributed by atoms with van der Waals surface area (Å²) in [4.78, 5) is 8.34. The van der Waals surface area contributed by atoms with Crippen molar-refractivity contribution in [2.45, 2.75) is 52.4 Å². The van der Waals surface area contributed by atoms with Crippen LogP contribution < -0.4 is 0 Å². The largest absolute Gasteiger partial charge is 0.236 e. The van der Waals surface area contributed by atoms with Gasteiger partial charge in [0.25, 0.3) is 0 Å². The van der Waals surface area contributed by atoms with Crippen LogP contribution in [-0.2, 0) is 6.42 Å². The molecule has 2 nitrogen and oxygen atoms in total. The number of hydrogen-bond donors (Lipinski definition) is 0. The van der Waals surface area contributed by atoms with Crippen LogP contribution >= 0.6 is 0 Å². The molecule has 3 aromatic rings. The highest BCUT2D eigenvalue weighted by atomic mass is 19.1. The minimum Gasteiger partial charge on any atom is -0.236 e. The maximum absolute atomic E-state index is 14.6. The summed E-state index contributed by atoms with van der Waals surface area (Å²) in [6.07, 6.45) is 8.87. The summed E-state index contributed by atoms with van der Waals surface area (Å²) < 4.78 is 43.0. The van der Waals surface area contributed by atoms with Crippen molar-refractivity contribution in [1.29, 1.82) is 0 Å². The molecule has 1 heterocycles. The van der Waals surface area contributed by atoms with Crippen molar-refractivity contribution in [3.05, 3.63) is 71.3 Å². The van der Waals surface area contributed by atoms with Gasteiger partial charge in [0.15, 0.2) is 5.82 Å². The van der Waals surface area contributed by atoms with Crippen molar-refractivity contribution in [2.24, 2.45) is 0 Å². The van der Waals surface area contributed by atoms with Gasteiger partial charge in [0.1, 0.15) is 17.5 Å². The van der Waals surface area contributed by atoms with Gasteiger partial charge in [-0.05, 0) is 49.1 Å². The predicted octanol–water partition coefficient (Wildman–Crippen LogP) is 7.05. The molecule has 3 rings (SSSR count). The lowest BCUT2D eigenvalue weighted by Crippen LogP contribution is -1.97. The SMILES string of the molecule is CCCCCCCc1cc(F)c(-c2cnc(-c3ccc(C)c(F)c3)nc2)c(F)c1. The fraction of sp³-hybridized carbons (Fsp3) is 0.333. The zero-order valence-electron chi connectivity index (χ0n) is 16.8. The first-order valence-electron chi connectivity index (χ1n) is 10.1. The lowest BCUT2D eigenvalue weighted by Gasteiger charge is -2.09. The molecule has 0 spiro atoms. The van der Waals surface area contributed by atoms with E-state index in [1.165, 1.54) is 37.0 Å². The average Bonchev–Trinajstić information content (AvgIpc) is 2.70. The van der Waals surface area contributed by atoms with Crippen LogP contribution in [0.5, 0.6) is 0 Å². The van der Waals surface area contributed by atoms with E-state index in [0.29, 0.717) is 28.9 Å². The normalized spacial score (nSPS) is 11.1. The van der Waals surface area contributed by atoms with Crippen LogP contribution in [0.4, 0.5) is 13.2 Å². The zero-order valence-corrected chi connectivity index (χ0v) is 16.8. The van der Waals surface area contributed by atoms with Crippen LogP contribution in [0.1, 0.15) is 50.2 Å². The minimum atomic E-state index is -0.619. The fourth-order valence-electron chi connectivity index (χ4n) is 3.32. The Labute approximate surface area is 169 Å². The molecule has 0 N–H and O–H groups in total. The molecule has 0 saturated heterocycles. The third kappa shape index (κ3) is 5.22. The quantitative estimate of drug-likeness (QED) is 0.380. The number of halogens is 3. The molecule has 0 aliphatic carbocycles. The first kappa shape index (κ1) is 21.0. The van der Waals surface area contributed by atoms with Gasteiger partial charge in [0, 0.05) is 23.5 Å². The Morgan fingerprint density at radius 2 is 1.41 bits per heavy atom. The minimum absolute atomic E-state index is 0.138. The van der Waals surface area contributed by atoms with E-state index >= 15 is 0 Å². The molecule has 0 aliphatic rings. The highest BCUT2D eigenvalue weighted by Crippen LogP contribution is 2.28. The summed E-state index contributed by atoms with van der Waals surface area (Å²) in [6, 6.07) is 7.48. The third-order valence-electron chi connectivity index (χ3n) is 5.04. The molecule has 5 heteroatoms. The van der Waals surface area contributed by atoms with Gasteiger partial charge in [0.05, 0.1) is 5.56 Å². The van der Waals surface area contributed by atoms with Gasteiger partial charge in [-0.3, -0.25) is 0 Å². The molecule has 29 heavy (non-hydrogen) atoms. The molecule has 0 fully saturated rings. The monoisotopic (exact) mass is 398 g/mol. The smallest absolute Gasteiger partial charge is 0.159 e. The van der Waals surface area contributed by atoms with Crippen LogP contribution in [0.25, 0.3) is 22.5 Å². The maximum atomic E-state index is 14.6. The molecule has 0 radical (unpaired) electrons. The van der Waals surface area contributed by atoms with Crippen molar-refractivity contribution in [3.63, 3.8) is 0 Å². The summed E-state index contributed by atoms with van der Waals surface area (Å²) in [6.45, 7) is 3.82. The summed E-state index contributed by atoms with van der Waals surface area (Å²) in [7, 11) is 0. The van der Waals surface area contributed by atoms with Gasteiger partial charge < -0.3 is 0 Å². The highest BCUT2D eigenvalue weighted by Gasteiger charge is 2.15. The van der Waals surface area contributed by atoms with Crippen molar-refractivity contribution >= 4 is 0 Å². The van der Waals surface area contributed by atoms with E-state index in [1.54, 1.807) is 19.1 Å². The number of aromatic nitrogens is 2. The lowest BCUT2D eigenvalue weighted by atomic mass is 10.0. The topological polar surface area (TPSA) is 25.8 Å². The van der Waals surface area contributed by atoms with E-state index in [0.717, 1.165) is 25.7 Å². The molecule has 0 aliphatic heterocycles. The Balaban J connectivity index is 1.77. The molecule has 0 unspecified atom stereocenters. The molecule has 2 aromatic carbocycles. The number of nitrogens with zero attached hydrogens (tertiary/aromatic N) is 2. The second-order valence-corrected chi connectivity index (χ2v) is 7.36. The van der Waals surface area contributed by atoms with Crippen molar-refractivity contribution < 1.29 is 13.2 Å². The third-order valence-corrected chi connectivity index (χ3v) is 5.04.